The van der Waals surface area contributed by atoms with E-state index < -0.39 is 0 Å². The third-order valence-corrected chi connectivity index (χ3v) is 4.73. The zero-order chi connectivity index (χ0) is 18.5. The van der Waals surface area contributed by atoms with E-state index in [1.807, 2.05) is 29.8 Å². The zero-order valence-electron chi connectivity index (χ0n) is 15.7. The van der Waals surface area contributed by atoms with Gasteiger partial charge in [-0.1, -0.05) is 18.2 Å². The van der Waals surface area contributed by atoms with Crippen LogP contribution in [0.2, 0.25) is 0 Å². The quantitative estimate of drug-likeness (QED) is 0.610. The van der Waals surface area contributed by atoms with Crippen molar-refractivity contribution >= 4 is 5.96 Å². The lowest BCUT2D eigenvalue weighted by Crippen LogP contribution is -2.37. The molecule has 1 aliphatic heterocycles. The number of fused-ring (bicyclic) bond motifs is 1. The molecule has 26 heavy (non-hydrogen) atoms. The number of nitrogens with one attached hydrogen (secondary N) is 1. The van der Waals surface area contributed by atoms with Crippen molar-refractivity contribution in [1.82, 2.24) is 15.1 Å². The number of aryl methyl sites for hydroxylation is 1. The molecule has 0 saturated heterocycles. The van der Waals surface area contributed by atoms with Gasteiger partial charge in [0.05, 0.1) is 38.0 Å². The second-order valence-corrected chi connectivity index (χ2v) is 6.44. The first-order valence-electron chi connectivity index (χ1n) is 8.90. The second-order valence-electron chi connectivity index (χ2n) is 6.44. The Kier molecular flexibility index (Phi) is 5.78. The Morgan fingerprint density at radius 1 is 1.42 bits per heavy atom. The Labute approximate surface area is 154 Å². The van der Waals surface area contributed by atoms with Crippen LogP contribution in [0.5, 0.6) is 5.75 Å². The SMILES string of the molecule is COCCn1nc(C)c(CN=C(N)NC2CCOc3ccccc32)c1C. The van der Waals surface area contributed by atoms with Gasteiger partial charge in [-0.15, -0.1) is 0 Å². The number of benzene rings is 1. The van der Waals surface area contributed by atoms with E-state index >= 15 is 0 Å². The molecular formula is C19H27N5O2. The lowest BCUT2D eigenvalue weighted by atomic mass is 10.0. The van der Waals surface area contributed by atoms with E-state index in [1.165, 1.54) is 0 Å². The van der Waals surface area contributed by atoms with Crippen molar-refractivity contribution in [1.29, 1.82) is 0 Å². The van der Waals surface area contributed by atoms with Gasteiger partial charge in [-0.2, -0.15) is 5.10 Å². The highest BCUT2D eigenvalue weighted by Crippen LogP contribution is 2.31. The summed E-state index contributed by atoms with van der Waals surface area (Å²) in [5.74, 6) is 1.35. The predicted molar refractivity (Wildman–Crippen MR) is 101 cm³/mol. The van der Waals surface area contributed by atoms with E-state index in [1.54, 1.807) is 7.11 Å². The third kappa shape index (κ3) is 3.99. The topological polar surface area (TPSA) is 86.7 Å². The molecule has 2 heterocycles. The second kappa shape index (κ2) is 8.23. The van der Waals surface area contributed by atoms with Crippen molar-refractivity contribution in [3.8, 4) is 5.75 Å². The highest BCUT2D eigenvalue weighted by Gasteiger charge is 2.21. The van der Waals surface area contributed by atoms with Crippen LogP contribution in [-0.4, -0.2) is 36.1 Å². The smallest absolute Gasteiger partial charge is 0.189 e. The van der Waals surface area contributed by atoms with Gasteiger partial charge in [0.1, 0.15) is 5.75 Å². The molecule has 140 valence electrons. The summed E-state index contributed by atoms with van der Waals surface area (Å²) in [5.41, 5.74) is 10.5. The van der Waals surface area contributed by atoms with Gasteiger partial charge in [-0.05, 0) is 19.9 Å². The number of hydrogen-bond acceptors (Lipinski definition) is 4. The van der Waals surface area contributed by atoms with Crippen LogP contribution < -0.4 is 15.8 Å². The number of rotatable bonds is 6. The summed E-state index contributed by atoms with van der Waals surface area (Å²) in [7, 11) is 1.69. The minimum absolute atomic E-state index is 0.121. The number of ether oxygens (including phenoxy) is 2. The molecule has 7 nitrogen and oxygen atoms in total. The molecule has 1 aromatic carbocycles. The van der Waals surface area contributed by atoms with Crippen LogP contribution >= 0.6 is 0 Å². The van der Waals surface area contributed by atoms with Gasteiger partial charge < -0.3 is 20.5 Å². The summed E-state index contributed by atoms with van der Waals surface area (Å²) in [6.07, 6.45) is 0.861. The number of para-hydroxylation sites is 1. The van der Waals surface area contributed by atoms with Gasteiger partial charge in [-0.3, -0.25) is 4.68 Å². The predicted octanol–water partition coefficient (Wildman–Crippen LogP) is 2.07. The first-order valence-corrected chi connectivity index (χ1v) is 8.90. The monoisotopic (exact) mass is 357 g/mol. The molecule has 0 bridgehead atoms. The van der Waals surface area contributed by atoms with Crippen molar-refractivity contribution in [2.45, 2.75) is 39.4 Å². The zero-order valence-corrected chi connectivity index (χ0v) is 15.7. The summed E-state index contributed by atoms with van der Waals surface area (Å²) in [4.78, 5) is 4.53. The van der Waals surface area contributed by atoms with Crippen LogP contribution in [0.25, 0.3) is 0 Å². The van der Waals surface area contributed by atoms with Gasteiger partial charge in [-0.25, -0.2) is 4.99 Å². The molecule has 0 saturated carbocycles. The minimum Gasteiger partial charge on any atom is -0.493 e. The van der Waals surface area contributed by atoms with Crippen LogP contribution in [0.4, 0.5) is 0 Å². The maximum Gasteiger partial charge on any atom is 0.189 e. The van der Waals surface area contributed by atoms with E-state index in [9.17, 15) is 0 Å². The Balaban J connectivity index is 1.67. The van der Waals surface area contributed by atoms with Gasteiger partial charge in [0.25, 0.3) is 0 Å². The number of methoxy groups -OCH3 is 1. The number of aliphatic imine (C=N–C) groups is 1. The van der Waals surface area contributed by atoms with Crippen molar-refractivity contribution in [3.05, 3.63) is 46.8 Å². The fraction of sp³-hybridized carbons (Fsp3) is 0.474. The fourth-order valence-corrected chi connectivity index (χ4v) is 3.24. The number of guanidine groups is 1. The molecule has 1 aliphatic rings. The maximum absolute atomic E-state index is 6.15. The van der Waals surface area contributed by atoms with Crippen molar-refractivity contribution in [2.75, 3.05) is 20.3 Å². The van der Waals surface area contributed by atoms with Crippen LogP contribution in [0.15, 0.2) is 29.3 Å². The van der Waals surface area contributed by atoms with E-state index in [-0.39, 0.29) is 6.04 Å². The maximum atomic E-state index is 6.15. The first-order chi connectivity index (χ1) is 12.6. The number of nitrogens with zero attached hydrogens (tertiary/aromatic N) is 3. The van der Waals surface area contributed by atoms with Gasteiger partial charge in [0.15, 0.2) is 5.96 Å². The van der Waals surface area contributed by atoms with E-state index in [0.29, 0.717) is 25.7 Å². The Morgan fingerprint density at radius 2 is 2.23 bits per heavy atom. The normalized spacial score (nSPS) is 16.9. The highest BCUT2D eigenvalue weighted by atomic mass is 16.5. The Hall–Kier alpha value is -2.54. The van der Waals surface area contributed by atoms with Crippen LogP contribution in [0, 0.1) is 13.8 Å². The molecule has 3 N–H and O–H groups in total. The fourth-order valence-electron chi connectivity index (χ4n) is 3.24. The number of nitrogens with two attached hydrogens (primary N) is 1. The Bertz CT molecular complexity index is 784. The third-order valence-electron chi connectivity index (χ3n) is 4.73. The molecule has 0 fully saturated rings. The summed E-state index contributed by atoms with van der Waals surface area (Å²) >= 11 is 0. The summed E-state index contributed by atoms with van der Waals surface area (Å²) in [6, 6.07) is 8.16. The summed E-state index contributed by atoms with van der Waals surface area (Å²) in [5, 5.41) is 7.89. The molecule has 1 aromatic heterocycles. The van der Waals surface area contributed by atoms with E-state index in [4.69, 9.17) is 15.2 Å². The molecule has 0 radical (unpaired) electrons. The molecule has 1 unspecified atom stereocenters. The molecule has 0 amide bonds. The average molecular weight is 357 g/mol. The highest BCUT2D eigenvalue weighted by molar-refractivity contribution is 5.78. The summed E-state index contributed by atoms with van der Waals surface area (Å²) < 4.78 is 12.8. The largest absolute Gasteiger partial charge is 0.493 e. The van der Waals surface area contributed by atoms with E-state index in [0.717, 1.165) is 41.2 Å². The summed E-state index contributed by atoms with van der Waals surface area (Å²) in [6.45, 7) is 6.61. The van der Waals surface area contributed by atoms with Crippen molar-refractivity contribution in [3.63, 3.8) is 0 Å². The van der Waals surface area contributed by atoms with Gasteiger partial charge in [0.2, 0.25) is 0 Å². The van der Waals surface area contributed by atoms with E-state index in [2.05, 4.69) is 28.4 Å². The average Bonchev–Trinajstić information content (AvgIpc) is 2.92. The first kappa shape index (κ1) is 18.3. The molecule has 1 atom stereocenters. The lowest BCUT2D eigenvalue weighted by molar-refractivity contribution is 0.182. The van der Waals surface area contributed by atoms with Crippen molar-refractivity contribution in [2.24, 2.45) is 10.7 Å². The Morgan fingerprint density at radius 3 is 3.04 bits per heavy atom. The molecular weight excluding hydrogens is 330 g/mol. The van der Waals surface area contributed by atoms with Crippen LogP contribution in [0.3, 0.4) is 0 Å². The van der Waals surface area contributed by atoms with Crippen LogP contribution in [-0.2, 0) is 17.8 Å². The lowest BCUT2D eigenvalue weighted by Gasteiger charge is -2.26. The standard InChI is InChI=1S/C19H27N5O2/c1-13-16(14(2)24(23-13)9-11-25-3)12-21-19(20)22-17-8-10-26-18-7-5-4-6-15(17)18/h4-7,17H,8-12H2,1-3H3,(H3,20,21,22). The molecule has 0 spiro atoms. The number of hydrogen-bond donors (Lipinski definition) is 2. The molecule has 2 aromatic rings. The minimum atomic E-state index is 0.121. The molecule has 3 rings (SSSR count). The van der Waals surface area contributed by atoms with Gasteiger partial charge in [0, 0.05) is 30.4 Å². The molecule has 0 aliphatic carbocycles. The van der Waals surface area contributed by atoms with Gasteiger partial charge >= 0.3 is 0 Å². The molecule has 7 heteroatoms. The van der Waals surface area contributed by atoms with Crippen molar-refractivity contribution < 1.29 is 9.47 Å². The number of aromatic nitrogens is 2. The van der Waals surface area contributed by atoms with Crippen LogP contribution in [0.1, 0.15) is 35.0 Å².